The van der Waals surface area contributed by atoms with Crippen LogP contribution >= 0.6 is 0 Å². The second kappa shape index (κ2) is 9.54. The highest BCUT2D eigenvalue weighted by Crippen LogP contribution is 2.40. The van der Waals surface area contributed by atoms with E-state index in [0.29, 0.717) is 31.2 Å². The average molecular weight is 498 g/mol. The van der Waals surface area contributed by atoms with Gasteiger partial charge in [0.2, 0.25) is 11.8 Å². The zero-order chi connectivity index (χ0) is 25.4. The maximum atomic E-state index is 13.2. The van der Waals surface area contributed by atoms with Crippen molar-refractivity contribution in [1.29, 1.82) is 0 Å². The third-order valence-electron chi connectivity index (χ3n) is 6.48. The molecule has 2 aromatic rings. The van der Waals surface area contributed by atoms with E-state index in [1.807, 2.05) is 0 Å². The van der Waals surface area contributed by atoms with E-state index in [0.717, 1.165) is 24.3 Å². The lowest BCUT2D eigenvalue weighted by Gasteiger charge is -2.40. The lowest BCUT2D eigenvalue weighted by Crippen LogP contribution is -2.47. The van der Waals surface area contributed by atoms with Gasteiger partial charge in [0.1, 0.15) is 0 Å². The van der Waals surface area contributed by atoms with Gasteiger partial charge in [-0.2, -0.15) is 26.3 Å². The molecule has 1 aliphatic heterocycles. The number of nitrogens with zero attached hydrogens (tertiary/aromatic N) is 1. The fourth-order valence-corrected chi connectivity index (χ4v) is 4.45. The number of benzene rings is 2. The summed E-state index contributed by atoms with van der Waals surface area (Å²) in [6.45, 7) is -0.0580. The number of carbonyl (C=O) groups is 2. The van der Waals surface area contributed by atoms with E-state index in [1.54, 1.807) is 6.07 Å². The van der Waals surface area contributed by atoms with E-state index in [-0.39, 0.29) is 30.5 Å². The number of hydrogen-bond acceptors (Lipinski definition) is 2. The van der Waals surface area contributed by atoms with Crippen LogP contribution in [0.4, 0.5) is 26.3 Å². The minimum absolute atomic E-state index is 0.0463. The summed E-state index contributed by atoms with van der Waals surface area (Å²) in [6.07, 6.45) is -6.95. The van der Waals surface area contributed by atoms with Crippen molar-refractivity contribution < 1.29 is 35.9 Å². The Labute approximate surface area is 198 Å². The number of hydrogen-bond donors (Lipinski definition) is 1. The summed E-state index contributed by atoms with van der Waals surface area (Å²) in [5, 5.41) is 2.64. The molecule has 2 aliphatic rings. The summed E-state index contributed by atoms with van der Waals surface area (Å²) in [5.74, 6) is -1.37. The molecule has 4 nitrogen and oxygen atoms in total. The van der Waals surface area contributed by atoms with Crippen LogP contribution in [0.2, 0.25) is 0 Å². The average Bonchev–Trinajstić information content (AvgIpc) is 3.66. The maximum Gasteiger partial charge on any atom is 0.416 e. The standard InChI is InChI=1S/C25H24F6N2O2/c26-24(27,28)19-5-1-3-15(11-19)13-32-22(34)18-9-10-21(33(14-18)23(35)16-7-8-16)17-4-2-6-20(12-17)25(29,30)31/h1-6,11-12,16,18,21H,7-10,13-14H2,(H,32,34). The van der Waals surface area contributed by atoms with Crippen LogP contribution in [0, 0.1) is 11.8 Å². The van der Waals surface area contributed by atoms with E-state index < -0.39 is 41.3 Å². The molecule has 0 spiro atoms. The fourth-order valence-electron chi connectivity index (χ4n) is 4.45. The highest BCUT2D eigenvalue weighted by Gasteiger charge is 2.42. The Morgan fingerprint density at radius 3 is 2.06 bits per heavy atom. The molecule has 10 heteroatoms. The largest absolute Gasteiger partial charge is 0.416 e. The highest BCUT2D eigenvalue weighted by molar-refractivity contribution is 5.84. The molecule has 1 saturated carbocycles. The first kappa shape index (κ1) is 25.1. The lowest BCUT2D eigenvalue weighted by molar-refractivity contribution is -0.140. The molecule has 1 aliphatic carbocycles. The summed E-state index contributed by atoms with van der Waals surface area (Å²) >= 11 is 0. The van der Waals surface area contributed by atoms with Gasteiger partial charge in [-0.05, 0) is 61.1 Å². The first-order valence-corrected chi connectivity index (χ1v) is 11.3. The smallest absolute Gasteiger partial charge is 0.352 e. The quantitative estimate of drug-likeness (QED) is 0.536. The molecular weight excluding hydrogens is 474 g/mol. The molecule has 188 valence electrons. The molecular formula is C25H24F6N2O2. The van der Waals surface area contributed by atoms with Crippen molar-refractivity contribution in [2.75, 3.05) is 6.54 Å². The lowest BCUT2D eigenvalue weighted by atomic mass is 9.87. The van der Waals surface area contributed by atoms with Crippen LogP contribution in [0.15, 0.2) is 48.5 Å². The first-order chi connectivity index (χ1) is 16.4. The molecule has 2 amide bonds. The first-order valence-electron chi connectivity index (χ1n) is 11.3. The monoisotopic (exact) mass is 498 g/mol. The Bertz CT molecular complexity index is 1090. The Morgan fingerprint density at radius 1 is 0.829 bits per heavy atom. The molecule has 2 aromatic carbocycles. The van der Waals surface area contributed by atoms with E-state index in [4.69, 9.17) is 0 Å². The number of rotatable bonds is 5. The van der Waals surface area contributed by atoms with Gasteiger partial charge >= 0.3 is 12.4 Å². The number of nitrogens with one attached hydrogen (secondary N) is 1. The highest BCUT2D eigenvalue weighted by atomic mass is 19.4. The molecule has 0 radical (unpaired) electrons. The molecule has 1 saturated heterocycles. The normalized spacial score (nSPS) is 21.0. The van der Waals surface area contributed by atoms with Gasteiger partial charge in [-0.3, -0.25) is 9.59 Å². The van der Waals surface area contributed by atoms with Crippen molar-refractivity contribution in [3.63, 3.8) is 0 Å². The molecule has 35 heavy (non-hydrogen) atoms. The Morgan fingerprint density at radius 2 is 1.43 bits per heavy atom. The van der Waals surface area contributed by atoms with Gasteiger partial charge in [0, 0.05) is 19.0 Å². The minimum atomic E-state index is -4.51. The SMILES string of the molecule is O=C(NCc1cccc(C(F)(F)F)c1)C1CCC(c2cccc(C(F)(F)F)c2)N(C(=O)C2CC2)C1. The Hall–Kier alpha value is -3.04. The van der Waals surface area contributed by atoms with Gasteiger partial charge in [-0.25, -0.2) is 0 Å². The topological polar surface area (TPSA) is 49.4 Å². The van der Waals surface area contributed by atoms with Crippen molar-refractivity contribution in [2.24, 2.45) is 11.8 Å². The van der Waals surface area contributed by atoms with Crippen LogP contribution in [0.1, 0.15) is 54.0 Å². The molecule has 1 N–H and O–H groups in total. The van der Waals surface area contributed by atoms with Crippen LogP contribution in [0.5, 0.6) is 0 Å². The summed E-state index contributed by atoms with van der Waals surface area (Å²) in [6, 6.07) is 8.97. The third kappa shape index (κ3) is 5.97. The fraction of sp³-hybridized carbons (Fsp3) is 0.440. The van der Waals surface area contributed by atoms with Crippen LogP contribution in [-0.4, -0.2) is 23.3 Å². The number of piperidine rings is 1. The van der Waals surface area contributed by atoms with Gasteiger partial charge in [0.15, 0.2) is 0 Å². The second-order valence-corrected chi connectivity index (χ2v) is 9.09. The summed E-state index contributed by atoms with van der Waals surface area (Å²) in [4.78, 5) is 27.3. The van der Waals surface area contributed by atoms with E-state index in [9.17, 15) is 35.9 Å². The van der Waals surface area contributed by atoms with Crippen molar-refractivity contribution >= 4 is 11.8 Å². The van der Waals surface area contributed by atoms with Crippen LogP contribution < -0.4 is 5.32 Å². The summed E-state index contributed by atoms with van der Waals surface area (Å²) < 4.78 is 78.4. The molecule has 1 heterocycles. The van der Waals surface area contributed by atoms with E-state index >= 15 is 0 Å². The van der Waals surface area contributed by atoms with Gasteiger partial charge in [0.05, 0.1) is 23.1 Å². The van der Waals surface area contributed by atoms with Crippen molar-refractivity contribution in [3.8, 4) is 0 Å². The van der Waals surface area contributed by atoms with Crippen molar-refractivity contribution in [3.05, 3.63) is 70.8 Å². The zero-order valence-electron chi connectivity index (χ0n) is 18.6. The Kier molecular flexibility index (Phi) is 6.83. The third-order valence-corrected chi connectivity index (χ3v) is 6.48. The van der Waals surface area contributed by atoms with Gasteiger partial charge in [-0.15, -0.1) is 0 Å². The summed E-state index contributed by atoms with van der Waals surface area (Å²) in [5.41, 5.74) is -0.949. The van der Waals surface area contributed by atoms with Crippen molar-refractivity contribution in [2.45, 2.75) is 50.6 Å². The van der Waals surface area contributed by atoms with Crippen LogP contribution in [0.25, 0.3) is 0 Å². The predicted octanol–water partition coefficient (Wildman–Crippen LogP) is 5.73. The van der Waals surface area contributed by atoms with Gasteiger partial charge in [-0.1, -0.05) is 24.3 Å². The predicted molar refractivity (Wildman–Crippen MR) is 115 cm³/mol. The number of amides is 2. The number of likely N-dealkylation sites (tertiary alicyclic amines) is 1. The van der Waals surface area contributed by atoms with E-state index in [2.05, 4.69) is 5.32 Å². The van der Waals surface area contributed by atoms with Gasteiger partial charge < -0.3 is 10.2 Å². The molecule has 2 atom stereocenters. The second-order valence-electron chi connectivity index (χ2n) is 9.09. The Balaban J connectivity index is 1.46. The number of alkyl halides is 6. The maximum absolute atomic E-state index is 13.2. The van der Waals surface area contributed by atoms with Crippen LogP contribution in [0.3, 0.4) is 0 Å². The molecule has 4 rings (SSSR count). The van der Waals surface area contributed by atoms with Crippen LogP contribution in [-0.2, 0) is 28.5 Å². The number of carbonyl (C=O) groups excluding carboxylic acids is 2. The molecule has 2 unspecified atom stereocenters. The molecule has 0 bridgehead atoms. The van der Waals surface area contributed by atoms with Gasteiger partial charge in [0.25, 0.3) is 0 Å². The molecule has 0 aromatic heterocycles. The zero-order valence-corrected chi connectivity index (χ0v) is 18.6. The van der Waals surface area contributed by atoms with E-state index in [1.165, 1.54) is 23.1 Å². The number of halogens is 6. The minimum Gasteiger partial charge on any atom is -0.352 e. The summed E-state index contributed by atoms with van der Waals surface area (Å²) in [7, 11) is 0. The van der Waals surface area contributed by atoms with Crippen molar-refractivity contribution in [1.82, 2.24) is 10.2 Å². The molecule has 2 fully saturated rings.